The van der Waals surface area contributed by atoms with E-state index in [1.807, 2.05) is 84.9 Å². The molecule has 7 aromatic rings. The highest BCUT2D eigenvalue weighted by Gasteiger charge is 2.19. The second-order valence-corrected chi connectivity index (χ2v) is 10.7. The van der Waals surface area contributed by atoms with Crippen LogP contribution in [0.15, 0.2) is 132 Å². The Bertz CT molecular complexity index is 2430. The number of benzene rings is 6. The van der Waals surface area contributed by atoms with Crippen LogP contribution in [-0.4, -0.2) is 0 Å². The average molecular weight is 588 g/mol. The minimum Gasteiger partial charge on any atom is -0.454 e. The lowest BCUT2D eigenvalue weighted by Crippen LogP contribution is -2.10. The molecule has 1 aromatic heterocycles. The number of nitrogens with zero attached hydrogens (tertiary/aromatic N) is 5. The summed E-state index contributed by atoms with van der Waals surface area (Å²) in [6, 6.07) is 48.9. The Balaban J connectivity index is 1.36. The normalized spacial score (nSPS) is 10.5. The quantitative estimate of drug-likeness (QED) is 0.198. The molecule has 46 heavy (non-hydrogen) atoms. The molecule has 0 atom stereocenters. The van der Waals surface area contributed by atoms with E-state index < -0.39 is 0 Å². The Morgan fingerprint density at radius 1 is 0.457 bits per heavy atom. The molecule has 212 valence electrons. The summed E-state index contributed by atoms with van der Waals surface area (Å²) in [5.74, 6) is 0. The molecule has 6 heteroatoms. The van der Waals surface area contributed by atoms with Gasteiger partial charge in [0, 0.05) is 22.1 Å². The van der Waals surface area contributed by atoms with Gasteiger partial charge in [-0.2, -0.15) is 21.0 Å². The first-order valence-electron chi connectivity index (χ1n) is 14.4. The first kappa shape index (κ1) is 27.7. The van der Waals surface area contributed by atoms with E-state index in [0.29, 0.717) is 22.3 Å². The molecule has 1 heterocycles. The zero-order valence-electron chi connectivity index (χ0n) is 24.3. The van der Waals surface area contributed by atoms with Crippen molar-refractivity contribution in [3.63, 3.8) is 0 Å². The predicted molar refractivity (Wildman–Crippen MR) is 178 cm³/mol. The first-order valence-corrected chi connectivity index (χ1v) is 14.4. The Hall–Kier alpha value is -7.12. The zero-order valence-corrected chi connectivity index (χ0v) is 24.3. The fourth-order valence-electron chi connectivity index (χ4n) is 5.78. The van der Waals surface area contributed by atoms with E-state index in [4.69, 9.17) is 4.42 Å². The van der Waals surface area contributed by atoms with Crippen molar-refractivity contribution in [2.24, 2.45) is 0 Å². The largest absolute Gasteiger partial charge is 0.454 e. The van der Waals surface area contributed by atoms with Gasteiger partial charge in [-0.1, -0.05) is 60.7 Å². The highest BCUT2D eigenvalue weighted by atomic mass is 16.3. The molecule has 0 aliphatic rings. The summed E-state index contributed by atoms with van der Waals surface area (Å²) < 4.78 is 6.43. The second kappa shape index (κ2) is 11.5. The molecular weight excluding hydrogens is 566 g/mol. The van der Waals surface area contributed by atoms with E-state index in [2.05, 4.69) is 41.3 Å². The van der Waals surface area contributed by atoms with Crippen LogP contribution < -0.4 is 4.90 Å². The highest BCUT2D eigenvalue weighted by Crippen LogP contribution is 2.43. The van der Waals surface area contributed by atoms with Gasteiger partial charge in [-0.3, -0.25) is 0 Å². The molecule has 7 rings (SSSR count). The maximum atomic E-state index is 9.53. The topological polar surface area (TPSA) is 112 Å². The van der Waals surface area contributed by atoms with Gasteiger partial charge in [-0.15, -0.1) is 0 Å². The lowest BCUT2D eigenvalue weighted by Gasteiger charge is -2.26. The molecule has 0 radical (unpaired) electrons. The van der Waals surface area contributed by atoms with Crippen molar-refractivity contribution < 1.29 is 4.42 Å². The lowest BCUT2D eigenvalue weighted by molar-refractivity contribution is 0.669. The smallest absolute Gasteiger partial charge is 0.159 e. The number of nitriles is 4. The van der Waals surface area contributed by atoms with Gasteiger partial charge in [-0.25, -0.2) is 0 Å². The van der Waals surface area contributed by atoms with Crippen LogP contribution in [0.25, 0.3) is 44.2 Å². The Morgan fingerprint density at radius 3 is 1.67 bits per heavy atom. The molecule has 0 aliphatic heterocycles. The van der Waals surface area contributed by atoms with Gasteiger partial charge in [0.25, 0.3) is 0 Å². The van der Waals surface area contributed by atoms with Gasteiger partial charge in [0.15, 0.2) is 5.58 Å². The predicted octanol–water partition coefficient (Wildman–Crippen LogP) is 9.88. The van der Waals surface area contributed by atoms with E-state index in [0.717, 1.165) is 61.3 Å². The third kappa shape index (κ3) is 4.86. The minimum absolute atomic E-state index is 0.338. The van der Waals surface area contributed by atoms with Crippen LogP contribution in [-0.2, 0) is 0 Å². The molecule has 6 nitrogen and oxygen atoms in total. The summed E-state index contributed by atoms with van der Waals surface area (Å²) in [4.78, 5) is 2.13. The zero-order chi connectivity index (χ0) is 31.6. The van der Waals surface area contributed by atoms with Crippen LogP contribution in [0.1, 0.15) is 22.3 Å². The molecule has 6 aromatic carbocycles. The molecule has 0 N–H and O–H groups in total. The van der Waals surface area contributed by atoms with E-state index in [9.17, 15) is 21.0 Å². The second-order valence-electron chi connectivity index (χ2n) is 10.7. The number of hydrogen-bond acceptors (Lipinski definition) is 6. The van der Waals surface area contributed by atoms with Crippen LogP contribution >= 0.6 is 0 Å². The van der Waals surface area contributed by atoms with Crippen molar-refractivity contribution >= 4 is 39.0 Å². The number of rotatable bonds is 5. The molecular formula is C40H21N5O. The lowest BCUT2D eigenvalue weighted by atomic mass is 9.99. The molecule has 0 saturated carbocycles. The van der Waals surface area contributed by atoms with Crippen LogP contribution in [0.4, 0.5) is 17.1 Å². The van der Waals surface area contributed by atoms with Crippen molar-refractivity contribution in [2.75, 3.05) is 4.90 Å². The molecule has 0 spiro atoms. The summed E-state index contributed by atoms with van der Waals surface area (Å²) in [6.45, 7) is 0. The van der Waals surface area contributed by atoms with Gasteiger partial charge >= 0.3 is 0 Å². The van der Waals surface area contributed by atoms with Gasteiger partial charge in [0.1, 0.15) is 17.7 Å². The Kier molecular flexibility index (Phi) is 6.94. The summed E-state index contributed by atoms with van der Waals surface area (Å²) in [7, 11) is 0. The number of anilines is 3. The SMILES string of the molecule is N#Cc1cc(C#N)cc(-c2ccc(N(c3ccc(-c4ccc(C#N)c(C#N)c4)cc3)c3cccc4c3oc3ccccc34)cc2)c1. The monoisotopic (exact) mass is 587 g/mol. The summed E-state index contributed by atoms with van der Waals surface area (Å²) >= 11 is 0. The summed E-state index contributed by atoms with van der Waals surface area (Å²) in [5.41, 5.74) is 9.14. The standard InChI is InChI=1S/C40H21N5O/c41-22-26-18-27(23-42)20-32(19-26)29-12-16-35(17-13-29)45(38-6-3-5-37-36-4-1-2-7-39(36)46-40(37)38)34-14-10-28(11-15-34)30-8-9-31(24-43)33(21-30)25-44/h1-21H. The maximum absolute atomic E-state index is 9.53. The van der Waals surface area contributed by atoms with E-state index in [1.165, 1.54) is 0 Å². The molecule has 0 aliphatic carbocycles. The maximum Gasteiger partial charge on any atom is 0.159 e. The third-order valence-electron chi connectivity index (χ3n) is 7.99. The Labute approximate surface area is 265 Å². The van der Waals surface area contributed by atoms with Crippen LogP contribution in [0, 0.1) is 45.3 Å². The van der Waals surface area contributed by atoms with Gasteiger partial charge in [0.2, 0.25) is 0 Å². The number of fused-ring (bicyclic) bond motifs is 3. The van der Waals surface area contributed by atoms with Gasteiger partial charge in [-0.05, 0) is 89.0 Å². The molecule has 0 amide bonds. The molecule has 0 unspecified atom stereocenters. The summed E-state index contributed by atoms with van der Waals surface area (Å²) in [6.07, 6.45) is 0. The van der Waals surface area contributed by atoms with Crippen molar-refractivity contribution in [1.29, 1.82) is 21.0 Å². The molecule has 0 bridgehead atoms. The first-order chi connectivity index (χ1) is 22.6. The minimum atomic E-state index is 0.338. The highest BCUT2D eigenvalue weighted by molar-refractivity contribution is 6.10. The molecule has 0 fully saturated rings. The van der Waals surface area contributed by atoms with E-state index >= 15 is 0 Å². The fourth-order valence-corrected chi connectivity index (χ4v) is 5.78. The van der Waals surface area contributed by atoms with Crippen molar-refractivity contribution in [3.8, 4) is 46.5 Å². The van der Waals surface area contributed by atoms with Gasteiger partial charge < -0.3 is 9.32 Å². The number of para-hydroxylation sites is 2. The van der Waals surface area contributed by atoms with Gasteiger partial charge in [0.05, 0.1) is 40.1 Å². The third-order valence-corrected chi connectivity index (χ3v) is 7.99. The van der Waals surface area contributed by atoms with Crippen LogP contribution in [0.2, 0.25) is 0 Å². The van der Waals surface area contributed by atoms with Crippen molar-refractivity contribution in [3.05, 3.63) is 150 Å². The number of hydrogen-bond donors (Lipinski definition) is 0. The van der Waals surface area contributed by atoms with Crippen LogP contribution in [0.5, 0.6) is 0 Å². The number of furan rings is 1. The van der Waals surface area contributed by atoms with E-state index in [1.54, 1.807) is 30.3 Å². The van der Waals surface area contributed by atoms with E-state index in [-0.39, 0.29) is 0 Å². The Morgan fingerprint density at radius 2 is 1.04 bits per heavy atom. The summed E-state index contributed by atoms with van der Waals surface area (Å²) in [5, 5.41) is 39.9. The molecule has 0 saturated heterocycles. The average Bonchev–Trinajstić information content (AvgIpc) is 3.51. The van der Waals surface area contributed by atoms with Crippen LogP contribution in [0.3, 0.4) is 0 Å². The van der Waals surface area contributed by atoms with Crippen molar-refractivity contribution in [1.82, 2.24) is 0 Å². The van der Waals surface area contributed by atoms with Crippen molar-refractivity contribution in [2.45, 2.75) is 0 Å². The fraction of sp³-hybridized carbons (Fsp3) is 0.